The number of likely N-dealkylation sites (N-methyl/N-ethyl adjacent to an activating group) is 1. The van der Waals surface area contributed by atoms with Crippen LogP contribution in [0.15, 0.2) is 71.6 Å². The lowest BCUT2D eigenvalue weighted by atomic mass is 10.1. The van der Waals surface area contributed by atoms with E-state index in [2.05, 4.69) is 10.0 Å². The van der Waals surface area contributed by atoms with E-state index >= 15 is 0 Å². The van der Waals surface area contributed by atoms with Gasteiger partial charge in [-0.2, -0.15) is 0 Å². The van der Waals surface area contributed by atoms with Crippen LogP contribution in [0.3, 0.4) is 0 Å². The Morgan fingerprint density at radius 2 is 1.60 bits per heavy atom. The van der Waals surface area contributed by atoms with E-state index in [9.17, 15) is 13.2 Å². The van der Waals surface area contributed by atoms with Gasteiger partial charge in [0.05, 0.1) is 11.3 Å². The van der Waals surface area contributed by atoms with E-state index in [-0.39, 0.29) is 17.2 Å². The monoisotopic (exact) mass is 354 g/mol. The predicted molar refractivity (Wildman–Crippen MR) is 99.0 cm³/mol. The number of rotatable bonds is 5. The van der Waals surface area contributed by atoms with E-state index in [1.807, 2.05) is 24.3 Å². The van der Waals surface area contributed by atoms with Crippen LogP contribution in [0.4, 0.5) is 5.69 Å². The third-order valence-corrected chi connectivity index (χ3v) is 5.33. The second-order valence-electron chi connectivity index (χ2n) is 5.63. The number of amides is 1. The molecule has 25 heavy (non-hydrogen) atoms. The normalized spacial score (nSPS) is 11.2. The molecular formula is C19H18N2O3S. The highest BCUT2D eigenvalue weighted by atomic mass is 32.2. The first-order valence-electron chi connectivity index (χ1n) is 7.80. The van der Waals surface area contributed by atoms with Gasteiger partial charge in [0.15, 0.2) is 0 Å². The minimum Gasteiger partial charge on any atom is -0.359 e. The Balaban J connectivity index is 1.87. The highest BCUT2D eigenvalue weighted by Crippen LogP contribution is 2.25. The summed E-state index contributed by atoms with van der Waals surface area (Å²) in [5.41, 5.74) is 1.26. The zero-order chi connectivity index (χ0) is 17.9. The number of nitrogens with one attached hydrogen (secondary N) is 2. The van der Waals surface area contributed by atoms with Crippen molar-refractivity contribution in [3.8, 4) is 0 Å². The van der Waals surface area contributed by atoms with Gasteiger partial charge in [0.1, 0.15) is 0 Å². The number of carbonyl (C=O) groups excluding carboxylic acids is 1. The lowest BCUT2D eigenvalue weighted by Crippen LogP contribution is -2.19. The molecule has 3 aromatic carbocycles. The largest absolute Gasteiger partial charge is 0.359 e. The van der Waals surface area contributed by atoms with Crippen molar-refractivity contribution in [3.05, 3.63) is 72.3 Å². The summed E-state index contributed by atoms with van der Waals surface area (Å²) in [5, 5.41) is 4.10. The summed E-state index contributed by atoms with van der Waals surface area (Å²) in [7, 11) is -2.13. The molecule has 0 aliphatic rings. The Hall–Kier alpha value is -2.86. The summed E-state index contributed by atoms with van der Waals surface area (Å²) in [6, 6.07) is 19.3. The van der Waals surface area contributed by atoms with E-state index in [1.54, 1.807) is 49.5 Å². The summed E-state index contributed by atoms with van der Waals surface area (Å²) in [5.74, 6) is -0.0934. The summed E-state index contributed by atoms with van der Waals surface area (Å²) in [6.07, 6.45) is 0.257. The van der Waals surface area contributed by atoms with Gasteiger partial charge in [-0.05, 0) is 29.1 Å². The molecule has 0 bridgehead atoms. The highest BCUT2D eigenvalue weighted by molar-refractivity contribution is 7.93. The highest BCUT2D eigenvalue weighted by Gasteiger charge is 2.17. The quantitative estimate of drug-likeness (QED) is 0.740. The van der Waals surface area contributed by atoms with Crippen LogP contribution in [-0.4, -0.2) is 21.4 Å². The third-order valence-electron chi connectivity index (χ3n) is 3.89. The molecule has 6 heteroatoms. The van der Waals surface area contributed by atoms with Crippen molar-refractivity contribution >= 4 is 32.4 Å². The van der Waals surface area contributed by atoms with Crippen LogP contribution in [0.2, 0.25) is 0 Å². The second kappa shape index (κ2) is 6.94. The Labute approximate surface area is 146 Å². The molecule has 0 unspecified atom stereocenters. The topological polar surface area (TPSA) is 75.3 Å². The lowest BCUT2D eigenvalue weighted by Gasteiger charge is -2.11. The van der Waals surface area contributed by atoms with E-state index in [4.69, 9.17) is 0 Å². The first-order valence-corrected chi connectivity index (χ1v) is 9.28. The average molecular weight is 354 g/mol. The molecule has 0 aliphatic heterocycles. The molecule has 0 spiro atoms. The van der Waals surface area contributed by atoms with Crippen LogP contribution in [0, 0.1) is 0 Å². The number of benzene rings is 3. The smallest absolute Gasteiger partial charge is 0.262 e. The number of sulfonamides is 1. The minimum absolute atomic E-state index is 0.0934. The van der Waals surface area contributed by atoms with Gasteiger partial charge < -0.3 is 5.32 Å². The Bertz CT molecular complexity index is 1010. The molecule has 0 fully saturated rings. The molecule has 128 valence electrons. The number of fused-ring (bicyclic) bond motifs is 1. The van der Waals surface area contributed by atoms with Gasteiger partial charge in [0.25, 0.3) is 10.0 Å². The van der Waals surface area contributed by atoms with Gasteiger partial charge in [-0.25, -0.2) is 8.42 Å². The van der Waals surface area contributed by atoms with Crippen LogP contribution in [-0.2, 0) is 21.2 Å². The molecule has 0 radical (unpaired) electrons. The van der Waals surface area contributed by atoms with Crippen molar-refractivity contribution in [2.24, 2.45) is 0 Å². The summed E-state index contributed by atoms with van der Waals surface area (Å²) < 4.78 is 28.1. The van der Waals surface area contributed by atoms with Gasteiger partial charge >= 0.3 is 0 Å². The fraction of sp³-hybridized carbons (Fsp3) is 0.105. The van der Waals surface area contributed by atoms with Crippen LogP contribution in [0.1, 0.15) is 5.56 Å². The van der Waals surface area contributed by atoms with E-state index in [1.165, 1.54) is 0 Å². The molecule has 0 heterocycles. The predicted octanol–water partition coefficient (Wildman–Crippen LogP) is 2.93. The van der Waals surface area contributed by atoms with Gasteiger partial charge in [0.2, 0.25) is 5.91 Å². The molecule has 0 aliphatic carbocycles. The molecule has 5 nitrogen and oxygen atoms in total. The summed E-state index contributed by atoms with van der Waals surface area (Å²) >= 11 is 0. The molecule has 0 atom stereocenters. The first kappa shape index (κ1) is 17.0. The lowest BCUT2D eigenvalue weighted by molar-refractivity contribution is -0.119. The Kier molecular flexibility index (Phi) is 4.72. The molecule has 3 aromatic rings. The summed E-state index contributed by atoms with van der Waals surface area (Å²) in [6.45, 7) is 0. The summed E-state index contributed by atoms with van der Waals surface area (Å²) in [4.78, 5) is 11.6. The van der Waals surface area contributed by atoms with Crippen LogP contribution in [0.25, 0.3) is 10.8 Å². The van der Waals surface area contributed by atoms with Crippen molar-refractivity contribution in [1.82, 2.24) is 5.32 Å². The first-order chi connectivity index (χ1) is 12.0. The van der Waals surface area contributed by atoms with Crippen molar-refractivity contribution in [2.75, 3.05) is 11.8 Å². The van der Waals surface area contributed by atoms with Crippen LogP contribution < -0.4 is 10.0 Å². The van der Waals surface area contributed by atoms with Crippen molar-refractivity contribution in [1.29, 1.82) is 0 Å². The van der Waals surface area contributed by atoms with E-state index in [0.717, 1.165) is 10.9 Å². The van der Waals surface area contributed by atoms with Gasteiger partial charge in [-0.1, -0.05) is 48.5 Å². The van der Waals surface area contributed by atoms with Gasteiger partial charge in [-0.15, -0.1) is 0 Å². The van der Waals surface area contributed by atoms with Gasteiger partial charge in [-0.3, -0.25) is 9.52 Å². The van der Waals surface area contributed by atoms with E-state index < -0.39 is 10.0 Å². The molecule has 3 rings (SSSR count). The molecule has 0 saturated heterocycles. The maximum atomic E-state index is 12.7. The van der Waals surface area contributed by atoms with Gasteiger partial charge in [0, 0.05) is 18.1 Å². The van der Waals surface area contributed by atoms with Crippen molar-refractivity contribution in [2.45, 2.75) is 11.3 Å². The molecular weight excluding hydrogens is 336 g/mol. The number of anilines is 1. The number of hydrogen-bond donors (Lipinski definition) is 2. The molecule has 2 N–H and O–H groups in total. The SMILES string of the molecule is CNC(=O)Cc1ccc(NS(=O)(=O)c2cccc3ccccc23)cc1. The van der Waals surface area contributed by atoms with Crippen molar-refractivity contribution in [3.63, 3.8) is 0 Å². The fourth-order valence-corrected chi connectivity index (χ4v) is 3.89. The number of hydrogen-bond acceptors (Lipinski definition) is 3. The number of carbonyl (C=O) groups is 1. The minimum atomic E-state index is -3.71. The Morgan fingerprint density at radius 1 is 0.920 bits per heavy atom. The van der Waals surface area contributed by atoms with Crippen molar-refractivity contribution < 1.29 is 13.2 Å². The zero-order valence-corrected chi connectivity index (χ0v) is 14.5. The second-order valence-corrected chi connectivity index (χ2v) is 7.28. The van der Waals surface area contributed by atoms with Crippen LogP contribution in [0.5, 0.6) is 0 Å². The standard InChI is InChI=1S/C19H18N2O3S/c1-20-19(22)13-14-9-11-16(12-10-14)21-25(23,24)18-8-4-6-15-5-2-3-7-17(15)18/h2-12,21H,13H2,1H3,(H,20,22). The maximum absolute atomic E-state index is 12.7. The molecule has 1 amide bonds. The third kappa shape index (κ3) is 3.80. The average Bonchev–Trinajstić information content (AvgIpc) is 2.62. The fourth-order valence-electron chi connectivity index (χ4n) is 2.60. The van der Waals surface area contributed by atoms with E-state index in [0.29, 0.717) is 11.1 Å². The molecule has 0 aromatic heterocycles. The molecule has 0 saturated carbocycles. The zero-order valence-electron chi connectivity index (χ0n) is 13.7. The maximum Gasteiger partial charge on any atom is 0.262 e. The Morgan fingerprint density at radius 3 is 2.32 bits per heavy atom. The van der Waals surface area contributed by atoms with Crippen LogP contribution >= 0.6 is 0 Å².